The number of hydrogen-bond donors (Lipinski definition) is 2. The van der Waals surface area contributed by atoms with Crippen LogP contribution in [-0.4, -0.2) is 35.7 Å². The van der Waals surface area contributed by atoms with Crippen molar-refractivity contribution in [3.05, 3.63) is 59.7 Å². The Kier molecular flexibility index (Phi) is 4.47. The van der Waals surface area contributed by atoms with Gasteiger partial charge in [0.1, 0.15) is 12.7 Å². The number of ketones is 1. The van der Waals surface area contributed by atoms with Gasteiger partial charge in [0.15, 0.2) is 5.78 Å². The lowest BCUT2D eigenvalue weighted by atomic mass is 9.91. The summed E-state index contributed by atoms with van der Waals surface area (Å²) in [7, 11) is 0. The summed E-state index contributed by atoms with van der Waals surface area (Å²) in [6, 6.07) is 15.7. The standard InChI is InChI=1S/C21H21NO4/c23-19-11-5-10-18(20(19)24)22-21(25)26-12-17-15-8-3-1-6-13(15)14-7-2-4-9-16(14)17/h1-4,6-9,17-18,20,24H,5,10-12H2,(H,22,25)/t18-,20-/m0/s1. The zero-order chi connectivity index (χ0) is 18.1. The second-order valence-electron chi connectivity index (χ2n) is 6.88. The normalized spacial score (nSPS) is 21.8. The fourth-order valence-electron chi connectivity index (χ4n) is 3.97. The molecule has 0 unspecified atom stereocenters. The van der Waals surface area contributed by atoms with Crippen LogP contribution in [0.1, 0.15) is 36.3 Å². The topological polar surface area (TPSA) is 75.6 Å². The highest BCUT2D eigenvalue weighted by Crippen LogP contribution is 2.44. The molecule has 0 saturated heterocycles. The highest BCUT2D eigenvalue weighted by Gasteiger charge is 2.32. The van der Waals surface area contributed by atoms with Crippen molar-refractivity contribution < 1.29 is 19.4 Å². The first kappa shape index (κ1) is 16.8. The van der Waals surface area contributed by atoms with E-state index in [1.165, 1.54) is 11.1 Å². The van der Waals surface area contributed by atoms with Gasteiger partial charge in [-0.05, 0) is 35.1 Å². The van der Waals surface area contributed by atoms with Crippen LogP contribution in [0.25, 0.3) is 11.1 Å². The third kappa shape index (κ3) is 2.99. The average molecular weight is 351 g/mol. The number of carbonyl (C=O) groups is 2. The molecule has 0 bridgehead atoms. The fourth-order valence-corrected chi connectivity index (χ4v) is 3.97. The molecule has 2 aromatic rings. The van der Waals surface area contributed by atoms with E-state index in [4.69, 9.17) is 4.74 Å². The van der Waals surface area contributed by atoms with Crippen molar-refractivity contribution >= 4 is 11.9 Å². The fraction of sp³-hybridized carbons (Fsp3) is 0.333. The minimum Gasteiger partial charge on any atom is -0.449 e. The Hall–Kier alpha value is -2.66. The molecule has 0 spiro atoms. The second-order valence-corrected chi connectivity index (χ2v) is 6.88. The molecule has 2 N–H and O–H groups in total. The Bertz CT molecular complexity index is 802. The maximum absolute atomic E-state index is 12.2. The molecule has 5 heteroatoms. The molecule has 2 aliphatic carbocycles. The van der Waals surface area contributed by atoms with Gasteiger partial charge in [-0.15, -0.1) is 0 Å². The number of nitrogens with one attached hydrogen (secondary N) is 1. The predicted octanol–water partition coefficient (Wildman–Crippen LogP) is 3.01. The highest BCUT2D eigenvalue weighted by atomic mass is 16.5. The van der Waals surface area contributed by atoms with Crippen molar-refractivity contribution in [3.63, 3.8) is 0 Å². The summed E-state index contributed by atoms with van der Waals surface area (Å²) < 4.78 is 5.45. The third-order valence-electron chi connectivity index (χ3n) is 5.30. The van der Waals surface area contributed by atoms with Gasteiger partial charge >= 0.3 is 6.09 Å². The molecule has 2 aliphatic rings. The Labute approximate surface area is 152 Å². The summed E-state index contributed by atoms with van der Waals surface area (Å²) >= 11 is 0. The van der Waals surface area contributed by atoms with Gasteiger partial charge in [0.25, 0.3) is 0 Å². The van der Waals surface area contributed by atoms with E-state index in [0.717, 1.165) is 11.1 Å². The third-order valence-corrected chi connectivity index (χ3v) is 5.30. The van der Waals surface area contributed by atoms with Gasteiger partial charge in [0, 0.05) is 12.3 Å². The second kappa shape index (κ2) is 6.92. The summed E-state index contributed by atoms with van der Waals surface area (Å²) in [4.78, 5) is 23.8. The molecule has 2 aromatic carbocycles. The quantitative estimate of drug-likeness (QED) is 0.891. The lowest BCUT2D eigenvalue weighted by Crippen LogP contribution is -2.49. The molecular formula is C21H21NO4. The molecule has 0 aliphatic heterocycles. The van der Waals surface area contributed by atoms with E-state index in [9.17, 15) is 14.7 Å². The summed E-state index contributed by atoms with van der Waals surface area (Å²) in [5.41, 5.74) is 4.64. The van der Waals surface area contributed by atoms with Crippen molar-refractivity contribution in [2.24, 2.45) is 0 Å². The van der Waals surface area contributed by atoms with Crippen LogP contribution in [0.15, 0.2) is 48.5 Å². The van der Waals surface area contributed by atoms with E-state index in [0.29, 0.717) is 19.3 Å². The number of carbonyl (C=O) groups excluding carboxylic acids is 2. The van der Waals surface area contributed by atoms with Gasteiger partial charge in [0.05, 0.1) is 6.04 Å². The van der Waals surface area contributed by atoms with E-state index in [-0.39, 0.29) is 18.3 Å². The van der Waals surface area contributed by atoms with Crippen molar-refractivity contribution in [2.75, 3.05) is 6.61 Å². The van der Waals surface area contributed by atoms with Gasteiger partial charge in [-0.1, -0.05) is 48.5 Å². The number of amides is 1. The monoisotopic (exact) mass is 351 g/mol. The van der Waals surface area contributed by atoms with Crippen LogP contribution in [0.4, 0.5) is 4.79 Å². The number of Topliss-reactive ketones (excluding diaryl/α,β-unsaturated/α-hetero) is 1. The number of hydrogen-bond acceptors (Lipinski definition) is 4. The highest BCUT2D eigenvalue weighted by molar-refractivity contribution is 5.85. The zero-order valence-electron chi connectivity index (χ0n) is 14.4. The van der Waals surface area contributed by atoms with Crippen LogP contribution in [0.5, 0.6) is 0 Å². The molecule has 0 aromatic heterocycles. The SMILES string of the molecule is O=C(N[C@H]1CCCC(=O)[C@H]1O)OCC1c2ccccc2-c2ccccc21. The molecule has 0 heterocycles. The van der Waals surface area contributed by atoms with Crippen molar-refractivity contribution in [1.29, 1.82) is 0 Å². The summed E-state index contributed by atoms with van der Waals surface area (Å²) in [6.07, 6.45) is -0.111. The van der Waals surface area contributed by atoms with E-state index in [1.54, 1.807) is 0 Å². The van der Waals surface area contributed by atoms with Gasteiger partial charge < -0.3 is 15.2 Å². The minimum atomic E-state index is -1.13. The van der Waals surface area contributed by atoms with Crippen molar-refractivity contribution in [1.82, 2.24) is 5.32 Å². The molecule has 1 amide bonds. The van der Waals surface area contributed by atoms with E-state index in [2.05, 4.69) is 29.6 Å². The largest absolute Gasteiger partial charge is 0.449 e. The first-order valence-corrected chi connectivity index (χ1v) is 8.97. The number of benzene rings is 2. The number of rotatable bonds is 3. The van der Waals surface area contributed by atoms with Crippen LogP contribution >= 0.6 is 0 Å². The number of aliphatic hydroxyl groups is 1. The Balaban J connectivity index is 1.45. The maximum atomic E-state index is 12.2. The Morgan fingerprint density at radius 1 is 1.08 bits per heavy atom. The van der Waals surface area contributed by atoms with E-state index in [1.807, 2.05) is 24.3 Å². The van der Waals surface area contributed by atoms with Gasteiger partial charge in [0.2, 0.25) is 0 Å². The Morgan fingerprint density at radius 3 is 2.35 bits per heavy atom. The van der Waals surface area contributed by atoms with Gasteiger partial charge in [-0.25, -0.2) is 4.79 Å². The summed E-state index contributed by atoms with van der Waals surface area (Å²) in [6.45, 7) is 0.219. The molecule has 4 rings (SSSR count). The van der Waals surface area contributed by atoms with Crippen LogP contribution in [0.2, 0.25) is 0 Å². The molecule has 1 fully saturated rings. The lowest BCUT2D eigenvalue weighted by molar-refractivity contribution is -0.130. The van der Waals surface area contributed by atoms with Crippen molar-refractivity contribution in [2.45, 2.75) is 37.3 Å². The van der Waals surface area contributed by atoms with Gasteiger partial charge in [-0.3, -0.25) is 4.79 Å². The van der Waals surface area contributed by atoms with Gasteiger partial charge in [-0.2, -0.15) is 0 Å². The molecule has 0 radical (unpaired) electrons. The molecule has 26 heavy (non-hydrogen) atoms. The smallest absolute Gasteiger partial charge is 0.407 e. The Morgan fingerprint density at radius 2 is 1.69 bits per heavy atom. The predicted molar refractivity (Wildman–Crippen MR) is 96.9 cm³/mol. The average Bonchev–Trinajstić information content (AvgIpc) is 2.98. The maximum Gasteiger partial charge on any atom is 0.407 e. The zero-order valence-corrected chi connectivity index (χ0v) is 14.4. The number of ether oxygens (including phenoxy) is 1. The van der Waals surface area contributed by atoms with Crippen LogP contribution < -0.4 is 5.32 Å². The molecule has 2 atom stereocenters. The molecule has 134 valence electrons. The number of alkyl carbamates (subject to hydrolysis) is 1. The minimum absolute atomic E-state index is 0.00828. The first-order chi connectivity index (χ1) is 12.6. The number of aliphatic hydroxyl groups excluding tert-OH is 1. The first-order valence-electron chi connectivity index (χ1n) is 8.97. The summed E-state index contributed by atoms with van der Waals surface area (Å²) in [5, 5.41) is 12.5. The van der Waals surface area contributed by atoms with Crippen LogP contribution in [0.3, 0.4) is 0 Å². The van der Waals surface area contributed by atoms with E-state index < -0.39 is 18.2 Å². The van der Waals surface area contributed by atoms with Crippen molar-refractivity contribution in [3.8, 4) is 11.1 Å². The van der Waals surface area contributed by atoms with Crippen LogP contribution in [-0.2, 0) is 9.53 Å². The van der Waals surface area contributed by atoms with E-state index >= 15 is 0 Å². The molecular weight excluding hydrogens is 330 g/mol. The molecule has 5 nitrogen and oxygen atoms in total. The number of fused-ring (bicyclic) bond motifs is 3. The molecule has 1 saturated carbocycles. The lowest BCUT2D eigenvalue weighted by Gasteiger charge is -2.27. The summed E-state index contributed by atoms with van der Waals surface area (Å²) in [5.74, 6) is -0.230. The van der Waals surface area contributed by atoms with Crippen LogP contribution in [0, 0.1) is 0 Å².